The predicted octanol–water partition coefficient (Wildman–Crippen LogP) is 3.28. The van der Waals surface area contributed by atoms with Crippen LogP contribution < -0.4 is 5.32 Å². The Labute approximate surface area is 107 Å². The van der Waals surface area contributed by atoms with Crippen molar-refractivity contribution in [3.05, 3.63) is 29.6 Å². The van der Waals surface area contributed by atoms with Gasteiger partial charge in [0.05, 0.1) is 5.56 Å². The van der Waals surface area contributed by atoms with E-state index in [0.717, 1.165) is 6.42 Å². The van der Waals surface area contributed by atoms with E-state index in [1.807, 2.05) is 0 Å². The number of halogens is 1. The van der Waals surface area contributed by atoms with Gasteiger partial charge in [0.2, 0.25) is 0 Å². The number of carbonyl (C=O) groups excluding carboxylic acids is 1. The van der Waals surface area contributed by atoms with E-state index in [2.05, 4.69) is 38.7 Å². The highest BCUT2D eigenvalue weighted by Gasteiger charge is 2.14. The molecule has 4 heteroatoms. The van der Waals surface area contributed by atoms with Crippen LogP contribution in [0.5, 0.6) is 0 Å². The second kappa shape index (κ2) is 5.54. The van der Waals surface area contributed by atoms with Gasteiger partial charge in [0.1, 0.15) is 5.82 Å². The minimum Gasteiger partial charge on any atom is -0.352 e. The Morgan fingerprint density at radius 3 is 2.65 bits per heavy atom. The molecule has 94 valence electrons. The van der Waals surface area contributed by atoms with E-state index in [9.17, 15) is 9.18 Å². The fourth-order valence-corrected chi connectivity index (χ4v) is 1.54. The molecule has 0 atom stereocenters. The van der Waals surface area contributed by atoms with Crippen molar-refractivity contribution < 1.29 is 9.18 Å². The molecule has 1 aromatic rings. The van der Waals surface area contributed by atoms with Crippen molar-refractivity contribution in [3.63, 3.8) is 0 Å². The lowest BCUT2D eigenvalue weighted by Crippen LogP contribution is -2.28. The molecule has 0 heterocycles. The van der Waals surface area contributed by atoms with Gasteiger partial charge in [0.15, 0.2) is 0 Å². The molecule has 1 aromatic carbocycles. The molecular weight excluding hydrogens is 237 g/mol. The Kier molecular flexibility index (Phi) is 4.57. The van der Waals surface area contributed by atoms with E-state index in [0.29, 0.717) is 11.4 Å². The highest BCUT2D eigenvalue weighted by atomic mass is 32.1. The lowest BCUT2D eigenvalue weighted by atomic mass is 9.92. The summed E-state index contributed by atoms with van der Waals surface area (Å²) in [5.74, 6) is -0.904. The van der Waals surface area contributed by atoms with Gasteiger partial charge < -0.3 is 5.32 Å². The number of rotatable bonds is 3. The summed E-state index contributed by atoms with van der Waals surface area (Å²) in [6, 6.07) is 4.20. The van der Waals surface area contributed by atoms with Crippen molar-refractivity contribution in [1.82, 2.24) is 5.32 Å². The van der Waals surface area contributed by atoms with Crippen molar-refractivity contribution in [2.24, 2.45) is 5.41 Å². The Morgan fingerprint density at radius 2 is 2.06 bits per heavy atom. The first-order chi connectivity index (χ1) is 7.79. The Hall–Kier alpha value is -1.03. The summed E-state index contributed by atoms with van der Waals surface area (Å²) < 4.78 is 13.4. The van der Waals surface area contributed by atoms with Crippen LogP contribution in [-0.2, 0) is 0 Å². The maximum Gasteiger partial charge on any atom is 0.254 e. The average molecular weight is 255 g/mol. The molecule has 0 aliphatic rings. The summed E-state index contributed by atoms with van der Waals surface area (Å²) in [5.41, 5.74) is 0.198. The summed E-state index contributed by atoms with van der Waals surface area (Å²) in [6.07, 6.45) is 0.848. The zero-order chi connectivity index (χ0) is 13.1. The molecule has 0 aromatic heterocycles. The van der Waals surface area contributed by atoms with Gasteiger partial charge in [-0.1, -0.05) is 20.8 Å². The van der Waals surface area contributed by atoms with Crippen LogP contribution in [0.2, 0.25) is 0 Å². The third-order valence-corrected chi connectivity index (χ3v) is 2.63. The third-order valence-electron chi connectivity index (χ3n) is 2.36. The molecule has 1 amide bonds. The summed E-state index contributed by atoms with van der Waals surface area (Å²) >= 11 is 4.09. The molecule has 0 bridgehead atoms. The second-order valence-electron chi connectivity index (χ2n) is 5.23. The second-order valence-corrected chi connectivity index (χ2v) is 5.75. The van der Waals surface area contributed by atoms with Gasteiger partial charge >= 0.3 is 0 Å². The molecule has 0 saturated carbocycles. The number of thiol groups is 1. The quantitative estimate of drug-likeness (QED) is 0.797. The van der Waals surface area contributed by atoms with Crippen LogP contribution >= 0.6 is 12.6 Å². The molecule has 0 aliphatic carbocycles. The SMILES string of the molecule is CC(C)(C)CCNC(=O)c1cc(S)ccc1F. The first-order valence-electron chi connectivity index (χ1n) is 5.56. The summed E-state index contributed by atoms with van der Waals surface area (Å²) in [5, 5.41) is 2.71. The molecular formula is C13H18FNOS. The van der Waals surface area contributed by atoms with E-state index in [1.165, 1.54) is 18.2 Å². The number of amides is 1. The smallest absolute Gasteiger partial charge is 0.254 e. The largest absolute Gasteiger partial charge is 0.352 e. The van der Waals surface area contributed by atoms with Gasteiger partial charge in [0.25, 0.3) is 5.91 Å². The molecule has 0 spiro atoms. The van der Waals surface area contributed by atoms with Crippen LogP contribution in [0.4, 0.5) is 4.39 Å². The molecule has 2 nitrogen and oxygen atoms in total. The maximum absolute atomic E-state index is 13.4. The highest BCUT2D eigenvalue weighted by molar-refractivity contribution is 7.80. The summed E-state index contributed by atoms with van der Waals surface area (Å²) in [4.78, 5) is 12.3. The Balaban J connectivity index is 2.61. The van der Waals surface area contributed by atoms with Crippen LogP contribution in [0.1, 0.15) is 37.6 Å². The van der Waals surface area contributed by atoms with Crippen molar-refractivity contribution in [3.8, 4) is 0 Å². The number of nitrogens with one attached hydrogen (secondary N) is 1. The van der Waals surface area contributed by atoms with Crippen molar-refractivity contribution >= 4 is 18.5 Å². The molecule has 17 heavy (non-hydrogen) atoms. The topological polar surface area (TPSA) is 29.1 Å². The minimum atomic E-state index is -0.518. The van der Waals surface area contributed by atoms with Crippen LogP contribution in [0.15, 0.2) is 23.1 Å². The third kappa shape index (κ3) is 4.77. The molecule has 1 N–H and O–H groups in total. The minimum absolute atomic E-state index is 0.0476. The first kappa shape index (κ1) is 14.0. The average Bonchev–Trinajstić information content (AvgIpc) is 2.19. The van der Waals surface area contributed by atoms with Crippen LogP contribution in [0, 0.1) is 11.2 Å². The highest BCUT2D eigenvalue weighted by Crippen LogP contribution is 2.17. The zero-order valence-corrected chi connectivity index (χ0v) is 11.3. The van der Waals surface area contributed by atoms with Gasteiger partial charge in [0, 0.05) is 11.4 Å². The molecule has 0 saturated heterocycles. The van der Waals surface area contributed by atoms with E-state index in [1.54, 1.807) is 0 Å². The number of carbonyl (C=O) groups is 1. The summed E-state index contributed by atoms with van der Waals surface area (Å²) in [6.45, 7) is 6.81. The molecule has 0 radical (unpaired) electrons. The lowest BCUT2D eigenvalue weighted by Gasteiger charge is -2.18. The zero-order valence-electron chi connectivity index (χ0n) is 10.4. The fraction of sp³-hybridized carbons (Fsp3) is 0.462. The van der Waals surface area contributed by atoms with E-state index in [4.69, 9.17) is 0 Å². The number of benzene rings is 1. The standard InChI is InChI=1S/C13H18FNOS/c1-13(2,3)6-7-15-12(16)10-8-9(17)4-5-11(10)14/h4-5,8,17H,6-7H2,1-3H3,(H,15,16). The lowest BCUT2D eigenvalue weighted by molar-refractivity contribution is 0.0945. The van der Waals surface area contributed by atoms with Gasteiger partial charge in [-0.05, 0) is 30.0 Å². The van der Waals surface area contributed by atoms with E-state index >= 15 is 0 Å². The van der Waals surface area contributed by atoms with E-state index < -0.39 is 5.82 Å². The number of hydrogen-bond donors (Lipinski definition) is 2. The number of hydrogen-bond acceptors (Lipinski definition) is 2. The van der Waals surface area contributed by atoms with E-state index in [-0.39, 0.29) is 16.9 Å². The molecule has 0 aliphatic heterocycles. The van der Waals surface area contributed by atoms with Crippen molar-refractivity contribution in [1.29, 1.82) is 0 Å². The van der Waals surface area contributed by atoms with Gasteiger partial charge in [-0.3, -0.25) is 4.79 Å². The van der Waals surface area contributed by atoms with Gasteiger partial charge in [-0.15, -0.1) is 12.6 Å². The molecule has 1 rings (SSSR count). The Morgan fingerprint density at radius 1 is 1.41 bits per heavy atom. The van der Waals surface area contributed by atoms with Gasteiger partial charge in [-0.25, -0.2) is 4.39 Å². The van der Waals surface area contributed by atoms with Crippen LogP contribution in [0.25, 0.3) is 0 Å². The normalized spacial score (nSPS) is 11.4. The molecule has 0 unspecified atom stereocenters. The summed E-state index contributed by atoms with van der Waals surface area (Å²) in [7, 11) is 0. The van der Waals surface area contributed by atoms with Crippen molar-refractivity contribution in [2.45, 2.75) is 32.1 Å². The monoisotopic (exact) mass is 255 g/mol. The maximum atomic E-state index is 13.4. The predicted molar refractivity (Wildman–Crippen MR) is 70.1 cm³/mol. The van der Waals surface area contributed by atoms with Crippen LogP contribution in [-0.4, -0.2) is 12.5 Å². The fourth-order valence-electron chi connectivity index (χ4n) is 1.33. The van der Waals surface area contributed by atoms with Crippen LogP contribution in [0.3, 0.4) is 0 Å². The molecule has 0 fully saturated rings. The van der Waals surface area contributed by atoms with Crippen molar-refractivity contribution in [2.75, 3.05) is 6.54 Å². The van der Waals surface area contributed by atoms with Gasteiger partial charge in [-0.2, -0.15) is 0 Å². The first-order valence-corrected chi connectivity index (χ1v) is 6.01. The Bertz CT molecular complexity index is 412.